The Morgan fingerprint density at radius 3 is 2.89 bits per heavy atom. The molecule has 0 aliphatic carbocycles. The van der Waals surface area contributed by atoms with E-state index in [2.05, 4.69) is 17.1 Å². The first-order chi connectivity index (χ1) is 8.69. The summed E-state index contributed by atoms with van der Waals surface area (Å²) in [7, 11) is 0. The second-order valence-corrected chi connectivity index (χ2v) is 3.50. The van der Waals surface area contributed by atoms with Crippen LogP contribution in [0.25, 0.3) is 0 Å². The van der Waals surface area contributed by atoms with E-state index in [0.29, 0.717) is 5.70 Å². The van der Waals surface area contributed by atoms with E-state index in [1.54, 1.807) is 24.3 Å². The highest BCUT2D eigenvalue weighted by molar-refractivity contribution is 5.32. The summed E-state index contributed by atoms with van der Waals surface area (Å²) >= 11 is 0. The molecule has 3 N–H and O–H groups in total. The van der Waals surface area contributed by atoms with Gasteiger partial charge in [-0.2, -0.15) is 0 Å². The van der Waals surface area contributed by atoms with Crippen molar-refractivity contribution in [3.8, 4) is 5.75 Å². The molecular weight excluding hydrogens is 233 g/mol. The van der Waals surface area contributed by atoms with Gasteiger partial charge in [0.1, 0.15) is 6.61 Å². The van der Waals surface area contributed by atoms with Gasteiger partial charge in [-0.3, -0.25) is 10.8 Å². The van der Waals surface area contributed by atoms with Crippen LogP contribution in [0.1, 0.15) is 6.92 Å². The van der Waals surface area contributed by atoms with Crippen molar-refractivity contribution in [2.75, 3.05) is 6.61 Å². The lowest BCUT2D eigenvalue weighted by Gasteiger charge is -2.07. The monoisotopic (exact) mass is 249 g/mol. The topological polar surface area (TPSA) is 59.6 Å². The van der Waals surface area contributed by atoms with Crippen LogP contribution in [0.15, 0.2) is 52.8 Å². The molecule has 0 unspecified atom stereocenters. The molecule has 0 heterocycles. The van der Waals surface area contributed by atoms with E-state index in [4.69, 9.17) is 10.6 Å². The van der Waals surface area contributed by atoms with Gasteiger partial charge >= 0.3 is 0 Å². The van der Waals surface area contributed by atoms with E-state index in [1.165, 1.54) is 12.3 Å². The number of rotatable bonds is 6. The molecule has 0 aromatic heterocycles. The summed E-state index contributed by atoms with van der Waals surface area (Å²) in [6.07, 6.45) is 3.26. The number of para-hydroxylation sites is 1. The summed E-state index contributed by atoms with van der Waals surface area (Å²) in [4.78, 5) is 3.61. The first-order valence-electron chi connectivity index (χ1n) is 5.36. The molecule has 0 bridgehead atoms. The Morgan fingerprint density at radius 1 is 1.56 bits per heavy atom. The molecule has 18 heavy (non-hydrogen) atoms. The number of aliphatic imine (C=N–C) groups is 1. The van der Waals surface area contributed by atoms with Gasteiger partial charge in [-0.1, -0.05) is 12.1 Å². The van der Waals surface area contributed by atoms with Crippen molar-refractivity contribution in [2.24, 2.45) is 10.8 Å². The minimum atomic E-state index is -0.385. The number of ether oxygens (including phenoxy) is 1. The number of hydrazine groups is 1. The Kier molecular flexibility index (Phi) is 5.60. The van der Waals surface area contributed by atoms with Crippen LogP contribution in [0.4, 0.5) is 4.39 Å². The smallest absolute Gasteiger partial charge is 0.165 e. The van der Waals surface area contributed by atoms with E-state index in [-0.39, 0.29) is 18.2 Å². The van der Waals surface area contributed by atoms with Crippen LogP contribution < -0.4 is 16.0 Å². The van der Waals surface area contributed by atoms with Gasteiger partial charge in [-0.15, -0.1) is 0 Å². The third-order valence-corrected chi connectivity index (χ3v) is 2.27. The fourth-order valence-electron chi connectivity index (χ4n) is 1.27. The Bertz CT molecular complexity index is 469. The number of hydrogen-bond donors (Lipinski definition) is 2. The van der Waals surface area contributed by atoms with Crippen molar-refractivity contribution in [3.05, 3.63) is 53.6 Å². The second-order valence-electron chi connectivity index (χ2n) is 3.50. The van der Waals surface area contributed by atoms with Crippen molar-refractivity contribution < 1.29 is 9.13 Å². The van der Waals surface area contributed by atoms with E-state index >= 15 is 0 Å². The Labute approximate surface area is 106 Å². The van der Waals surface area contributed by atoms with E-state index in [0.717, 1.165) is 5.57 Å². The molecule has 1 rings (SSSR count). The third-order valence-electron chi connectivity index (χ3n) is 2.27. The normalized spacial score (nSPS) is 12.2. The molecule has 96 valence electrons. The molecule has 5 heteroatoms. The molecule has 0 spiro atoms. The van der Waals surface area contributed by atoms with Gasteiger partial charge in [-0.05, 0) is 37.4 Å². The largest absolute Gasteiger partial charge is 0.486 e. The second kappa shape index (κ2) is 7.24. The zero-order valence-electron chi connectivity index (χ0n) is 10.2. The first-order valence-corrected chi connectivity index (χ1v) is 5.36. The van der Waals surface area contributed by atoms with Gasteiger partial charge in [0.25, 0.3) is 0 Å². The van der Waals surface area contributed by atoms with Crippen molar-refractivity contribution in [2.45, 2.75) is 6.92 Å². The van der Waals surface area contributed by atoms with Gasteiger partial charge in [0, 0.05) is 0 Å². The lowest BCUT2D eigenvalue weighted by Crippen LogP contribution is -2.21. The summed E-state index contributed by atoms with van der Waals surface area (Å²) in [5.41, 5.74) is 3.95. The molecule has 0 saturated heterocycles. The highest BCUT2D eigenvalue weighted by Gasteiger charge is 2.01. The number of allylic oxidation sites excluding steroid dienone is 1. The highest BCUT2D eigenvalue weighted by atomic mass is 19.1. The SMILES string of the molecule is C=N/C=C(NN)\C(C)=C/COc1ccccc1F. The number of benzene rings is 1. The molecule has 0 fully saturated rings. The van der Waals surface area contributed by atoms with Crippen LogP contribution in [-0.4, -0.2) is 13.3 Å². The minimum absolute atomic E-state index is 0.217. The number of nitrogens with one attached hydrogen (secondary N) is 1. The predicted molar refractivity (Wildman–Crippen MR) is 70.6 cm³/mol. The molecular formula is C13H16FN3O. The van der Waals surface area contributed by atoms with Crippen LogP contribution in [0, 0.1) is 5.82 Å². The molecule has 4 nitrogen and oxygen atoms in total. The van der Waals surface area contributed by atoms with Crippen LogP contribution in [0.2, 0.25) is 0 Å². The molecule has 0 saturated carbocycles. The van der Waals surface area contributed by atoms with Crippen molar-refractivity contribution in [3.63, 3.8) is 0 Å². The van der Waals surface area contributed by atoms with E-state index in [1.807, 2.05) is 6.92 Å². The number of hydrogen-bond acceptors (Lipinski definition) is 4. The quantitative estimate of drug-likeness (QED) is 0.351. The highest BCUT2D eigenvalue weighted by Crippen LogP contribution is 2.15. The van der Waals surface area contributed by atoms with Crippen LogP contribution in [0.5, 0.6) is 5.75 Å². The van der Waals surface area contributed by atoms with E-state index < -0.39 is 0 Å². The van der Waals surface area contributed by atoms with Gasteiger partial charge in [-0.25, -0.2) is 4.39 Å². The summed E-state index contributed by atoms with van der Waals surface area (Å²) in [5.74, 6) is 5.15. The zero-order valence-corrected chi connectivity index (χ0v) is 10.2. The molecule has 0 atom stereocenters. The molecule has 0 amide bonds. The summed E-state index contributed by atoms with van der Waals surface area (Å²) in [5, 5.41) is 0. The maximum atomic E-state index is 13.2. The maximum absolute atomic E-state index is 13.2. The van der Waals surface area contributed by atoms with Gasteiger partial charge in [0.05, 0.1) is 11.9 Å². The van der Waals surface area contributed by atoms with Crippen LogP contribution in [0.3, 0.4) is 0 Å². The van der Waals surface area contributed by atoms with Crippen LogP contribution >= 0.6 is 0 Å². The summed E-state index contributed by atoms with van der Waals surface area (Å²) < 4.78 is 18.5. The lowest BCUT2D eigenvalue weighted by molar-refractivity contribution is 0.341. The lowest BCUT2D eigenvalue weighted by atomic mass is 10.2. The Hall–Kier alpha value is -2.14. The molecule has 0 aliphatic heterocycles. The average Bonchev–Trinajstić information content (AvgIpc) is 2.38. The number of nitrogens with two attached hydrogens (primary N) is 1. The maximum Gasteiger partial charge on any atom is 0.165 e. The number of nitrogens with zero attached hydrogens (tertiary/aromatic N) is 1. The standard InChI is InChI=1S/C13H16FN3O/c1-10(12(17-15)9-16-2)7-8-18-13-6-4-3-5-11(13)14/h3-7,9,17H,2,8,15H2,1H3/b10-7-,12-9+. The van der Waals surface area contributed by atoms with Crippen molar-refractivity contribution >= 4 is 6.72 Å². The number of halogens is 1. The summed E-state index contributed by atoms with van der Waals surface area (Å²) in [6.45, 7) is 5.41. The Morgan fingerprint density at radius 2 is 2.28 bits per heavy atom. The van der Waals surface area contributed by atoms with Crippen LogP contribution in [-0.2, 0) is 0 Å². The fourth-order valence-corrected chi connectivity index (χ4v) is 1.27. The predicted octanol–water partition coefficient (Wildman–Crippen LogP) is 2.16. The summed E-state index contributed by atoms with van der Waals surface area (Å²) in [6, 6.07) is 6.24. The molecule has 1 aromatic carbocycles. The third kappa shape index (κ3) is 4.03. The molecule has 0 aliphatic rings. The molecule has 1 aromatic rings. The van der Waals surface area contributed by atoms with Gasteiger partial charge in [0.15, 0.2) is 11.6 Å². The minimum Gasteiger partial charge on any atom is -0.486 e. The fraction of sp³-hybridized carbons (Fsp3) is 0.154. The average molecular weight is 249 g/mol. The first kappa shape index (κ1) is 13.9. The van der Waals surface area contributed by atoms with E-state index in [9.17, 15) is 4.39 Å². The van der Waals surface area contributed by atoms with Crippen molar-refractivity contribution in [1.29, 1.82) is 0 Å². The zero-order chi connectivity index (χ0) is 13.4. The van der Waals surface area contributed by atoms with Crippen molar-refractivity contribution in [1.82, 2.24) is 5.43 Å². The Balaban J connectivity index is 2.62. The van der Waals surface area contributed by atoms with Gasteiger partial charge in [0.2, 0.25) is 0 Å². The molecule has 0 radical (unpaired) electrons. The van der Waals surface area contributed by atoms with Gasteiger partial charge < -0.3 is 10.2 Å².